The Kier molecular flexibility index (Phi) is 4.75. The summed E-state index contributed by atoms with van der Waals surface area (Å²) in [5.74, 6) is -0.500. The van der Waals surface area contributed by atoms with Gasteiger partial charge in [0, 0.05) is 30.1 Å². The molecule has 1 N–H and O–H groups in total. The van der Waals surface area contributed by atoms with Crippen LogP contribution in [0.25, 0.3) is 0 Å². The van der Waals surface area contributed by atoms with Gasteiger partial charge in [-0.3, -0.25) is 4.79 Å². The Hall–Kier alpha value is -2.81. The second-order valence-electron chi connectivity index (χ2n) is 5.04. The molecule has 0 bridgehead atoms. The number of ketones is 1. The normalized spacial score (nSPS) is 11.3. The number of hydrogen-bond acceptors (Lipinski definition) is 6. The maximum Gasteiger partial charge on any atom is 0.416 e. The van der Waals surface area contributed by atoms with Crippen LogP contribution < -0.4 is 5.32 Å². The fourth-order valence-electron chi connectivity index (χ4n) is 2.04. The average Bonchev–Trinajstić information content (AvgIpc) is 3.08. The number of benzene rings is 1. The average molecular weight is 364 g/mol. The van der Waals surface area contributed by atoms with Crippen molar-refractivity contribution in [1.82, 2.24) is 15.0 Å². The summed E-state index contributed by atoms with van der Waals surface area (Å²) >= 11 is 1.07. The van der Waals surface area contributed by atoms with Crippen molar-refractivity contribution in [1.29, 1.82) is 0 Å². The monoisotopic (exact) mass is 364 g/mol. The molecule has 0 fully saturated rings. The molecule has 2 heterocycles. The fourth-order valence-corrected chi connectivity index (χ4v) is 2.81. The van der Waals surface area contributed by atoms with E-state index in [2.05, 4.69) is 20.3 Å². The highest BCUT2D eigenvalue weighted by atomic mass is 32.1. The lowest BCUT2D eigenvalue weighted by molar-refractivity contribution is -0.137. The molecule has 0 saturated carbocycles. The van der Waals surface area contributed by atoms with Crippen molar-refractivity contribution >= 4 is 22.3 Å². The van der Waals surface area contributed by atoms with Crippen molar-refractivity contribution in [2.75, 3.05) is 5.32 Å². The quantitative estimate of drug-likeness (QED) is 0.698. The van der Waals surface area contributed by atoms with Gasteiger partial charge in [0.25, 0.3) is 0 Å². The van der Waals surface area contributed by atoms with E-state index >= 15 is 0 Å². The largest absolute Gasteiger partial charge is 0.416 e. The Morgan fingerprint density at radius 2 is 1.92 bits per heavy atom. The zero-order valence-corrected chi connectivity index (χ0v) is 13.4. The molecule has 0 amide bonds. The van der Waals surface area contributed by atoms with E-state index in [0.717, 1.165) is 29.0 Å². The van der Waals surface area contributed by atoms with Crippen LogP contribution in [0, 0.1) is 0 Å². The van der Waals surface area contributed by atoms with E-state index in [1.165, 1.54) is 24.7 Å². The van der Waals surface area contributed by atoms with Gasteiger partial charge in [-0.2, -0.15) is 13.2 Å². The number of alkyl halides is 3. The molecular weight excluding hydrogens is 353 g/mol. The van der Waals surface area contributed by atoms with Crippen LogP contribution >= 0.6 is 11.3 Å². The minimum atomic E-state index is -4.49. The molecule has 0 atom stereocenters. The molecule has 3 aromatic rings. The van der Waals surface area contributed by atoms with Gasteiger partial charge in [0.15, 0.2) is 5.13 Å². The minimum absolute atomic E-state index is 0.0264. The Morgan fingerprint density at radius 3 is 2.64 bits per heavy atom. The lowest BCUT2D eigenvalue weighted by Crippen LogP contribution is -2.07. The highest BCUT2D eigenvalue weighted by Crippen LogP contribution is 2.30. The molecule has 0 spiro atoms. The summed E-state index contributed by atoms with van der Waals surface area (Å²) in [6.45, 7) is 0.422. The van der Waals surface area contributed by atoms with E-state index in [-0.39, 0.29) is 10.4 Å². The second-order valence-corrected chi connectivity index (χ2v) is 6.07. The van der Waals surface area contributed by atoms with E-state index < -0.39 is 17.5 Å². The van der Waals surface area contributed by atoms with Crippen molar-refractivity contribution < 1.29 is 18.0 Å². The van der Waals surface area contributed by atoms with Crippen molar-refractivity contribution in [3.05, 3.63) is 70.8 Å². The first-order valence-corrected chi connectivity index (χ1v) is 7.90. The lowest BCUT2D eigenvalue weighted by atomic mass is 10.1. The van der Waals surface area contributed by atoms with Crippen LogP contribution in [0.4, 0.5) is 18.3 Å². The number of nitrogens with zero attached hydrogens (tertiary/aromatic N) is 3. The number of hydrogen-bond donors (Lipinski definition) is 1. The molecule has 128 valence electrons. The summed E-state index contributed by atoms with van der Waals surface area (Å²) in [5.41, 5.74) is -0.0461. The van der Waals surface area contributed by atoms with Crippen LogP contribution in [0.5, 0.6) is 0 Å². The van der Waals surface area contributed by atoms with Crippen LogP contribution in [0.1, 0.15) is 26.4 Å². The maximum absolute atomic E-state index is 12.8. The Bertz CT molecular complexity index is 880. The molecule has 9 heteroatoms. The molecule has 0 aliphatic carbocycles. The van der Waals surface area contributed by atoms with Gasteiger partial charge in [0.05, 0.1) is 16.6 Å². The van der Waals surface area contributed by atoms with Crippen molar-refractivity contribution in [2.24, 2.45) is 0 Å². The maximum atomic E-state index is 12.8. The number of aromatic nitrogens is 3. The summed E-state index contributed by atoms with van der Waals surface area (Å²) in [6, 6.07) is 4.34. The molecule has 0 aliphatic rings. The number of anilines is 1. The van der Waals surface area contributed by atoms with Crippen molar-refractivity contribution in [3.8, 4) is 0 Å². The summed E-state index contributed by atoms with van der Waals surface area (Å²) in [6.07, 6.45) is 1.55. The van der Waals surface area contributed by atoms with Crippen LogP contribution in [-0.4, -0.2) is 20.7 Å². The highest BCUT2D eigenvalue weighted by Gasteiger charge is 2.31. The summed E-state index contributed by atoms with van der Waals surface area (Å²) in [5, 5.41) is 3.50. The summed E-state index contributed by atoms with van der Waals surface area (Å²) in [7, 11) is 0. The zero-order chi connectivity index (χ0) is 17.9. The number of thiazole rings is 1. The van der Waals surface area contributed by atoms with Gasteiger partial charge in [-0.15, -0.1) is 0 Å². The van der Waals surface area contributed by atoms with Gasteiger partial charge in [0.2, 0.25) is 5.78 Å². The first-order valence-electron chi connectivity index (χ1n) is 7.09. The molecule has 0 radical (unpaired) electrons. The lowest BCUT2D eigenvalue weighted by Gasteiger charge is -2.07. The third-order valence-corrected chi connectivity index (χ3v) is 4.19. The fraction of sp³-hybridized carbons (Fsp3) is 0.125. The van der Waals surface area contributed by atoms with Gasteiger partial charge in [-0.1, -0.05) is 23.5 Å². The first-order chi connectivity index (χ1) is 11.9. The molecular formula is C16H11F3N4OS. The van der Waals surface area contributed by atoms with Crippen molar-refractivity contribution in [2.45, 2.75) is 12.7 Å². The third kappa shape index (κ3) is 4.18. The standard InChI is InChI=1S/C16H11F3N4OS/c17-16(18,19)12-3-1-2-11(4-12)14(24)13-8-23-15(25-13)22-7-10-5-20-9-21-6-10/h1-6,8-9H,7H2,(H,22,23). The molecule has 3 rings (SSSR count). The van der Waals surface area contributed by atoms with Crippen LogP contribution in [0.2, 0.25) is 0 Å². The van der Waals surface area contributed by atoms with E-state index in [9.17, 15) is 18.0 Å². The molecule has 0 saturated heterocycles. The third-order valence-electron chi connectivity index (χ3n) is 3.24. The first kappa shape index (κ1) is 17.0. The summed E-state index contributed by atoms with van der Waals surface area (Å²) in [4.78, 5) is 24.5. The van der Waals surface area contributed by atoms with E-state index in [1.807, 2.05) is 0 Å². The molecule has 25 heavy (non-hydrogen) atoms. The van der Waals surface area contributed by atoms with Gasteiger partial charge in [-0.25, -0.2) is 15.0 Å². The topological polar surface area (TPSA) is 67.8 Å². The Labute approximate surface area is 144 Å². The van der Waals surface area contributed by atoms with Gasteiger partial charge < -0.3 is 5.32 Å². The van der Waals surface area contributed by atoms with Crippen molar-refractivity contribution in [3.63, 3.8) is 0 Å². The predicted molar refractivity (Wildman–Crippen MR) is 86.3 cm³/mol. The minimum Gasteiger partial charge on any atom is -0.357 e. The highest BCUT2D eigenvalue weighted by molar-refractivity contribution is 7.17. The van der Waals surface area contributed by atoms with E-state index in [0.29, 0.717) is 11.7 Å². The van der Waals surface area contributed by atoms with Crippen LogP contribution in [-0.2, 0) is 12.7 Å². The Balaban J connectivity index is 1.72. The van der Waals surface area contributed by atoms with E-state index in [1.54, 1.807) is 12.4 Å². The smallest absolute Gasteiger partial charge is 0.357 e. The number of carbonyl (C=O) groups is 1. The summed E-state index contributed by atoms with van der Waals surface area (Å²) < 4.78 is 38.3. The molecule has 2 aromatic heterocycles. The van der Waals surface area contributed by atoms with E-state index in [4.69, 9.17) is 0 Å². The number of halogens is 3. The number of rotatable bonds is 5. The molecule has 1 aromatic carbocycles. The van der Waals surface area contributed by atoms with Gasteiger partial charge >= 0.3 is 6.18 Å². The molecule has 5 nitrogen and oxygen atoms in total. The van der Waals surface area contributed by atoms with Gasteiger partial charge in [-0.05, 0) is 12.1 Å². The second kappa shape index (κ2) is 6.98. The van der Waals surface area contributed by atoms with Crippen LogP contribution in [0.3, 0.4) is 0 Å². The predicted octanol–water partition coefficient (Wildman–Crippen LogP) is 3.80. The SMILES string of the molecule is O=C(c1cccc(C(F)(F)F)c1)c1cnc(NCc2cncnc2)s1. The Morgan fingerprint density at radius 1 is 1.16 bits per heavy atom. The number of carbonyl (C=O) groups excluding carboxylic acids is 1. The van der Waals surface area contributed by atoms with Gasteiger partial charge in [0.1, 0.15) is 6.33 Å². The molecule has 0 aliphatic heterocycles. The zero-order valence-electron chi connectivity index (χ0n) is 12.6. The molecule has 0 unspecified atom stereocenters. The van der Waals surface area contributed by atoms with Crippen LogP contribution in [0.15, 0.2) is 49.2 Å². The number of nitrogens with one attached hydrogen (secondary N) is 1.